The van der Waals surface area contributed by atoms with Crippen molar-refractivity contribution in [2.75, 3.05) is 4.90 Å². The number of anilines is 3. The normalized spacial score (nSPS) is 11.6. The second-order valence-corrected chi connectivity index (χ2v) is 16.8. The molecule has 2 heterocycles. The van der Waals surface area contributed by atoms with Crippen molar-refractivity contribution in [3.05, 3.63) is 224 Å². The average Bonchev–Trinajstić information content (AvgIpc) is 3.91. The first-order valence-electron chi connectivity index (χ1n) is 20.7. The number of thiophene rings is 1. The number of rotatable bonds is 7. The van der Waals surface area contributed by atoms with Crippen LogP contribution in [0, 0.1) is 0 Å². The summed E-state index contributed by atoms with van der Waals surface area (Å²) in [6, 6.07) is 81.3. The molecule has 0 aliphatic rings. The fourth-order valence-corrected chi connectivity index (χ4v) is 10.2. The van der Waals surface area contributed by atoms with Crippen molar-refractivity contribution in [1.82, 2.24) is 0 Å². The van der Waals surface area contributed by atoms with Gasteiger partial charge in [-0.25, -0.2) is 0 Å². The highest BCUT2D eigenvalue weighted by molar-refractivity contribution is 7.25. The molecule has 0 atom stereocenters. The molecule has 0 fully saturated rings. The molecule has 12 aromatic rings. The van der Waals surface area contributed by atoms with E-state index in [0.717, 1.165) is 50.1 Å². The van der Waals surface area contributed by atoms with Crippen LogP contribution in [0.1, 0.15) is 0 Å². The molecule has 0 saturated carbocycles. The Kier molecular flexibility index (Phi) is 8.39. The van der Waals surface area contributed by atoms with Gasteiger partial charge < -0.3 is 9.32 Å². The van der Waals surface area contributed by atoms with Gasteiger partial charge in [0.05, 0.1) is 5.69 Å². The molecule has 0 bridgehead atoms. The van der Waals surface area contributed by atoms with Gasteiger partial charge in [0.15, 0.2) is 0 Å². The van der Waals surface area contributed by atoms with E-state index >= 15 is 0 Å². The molecule has 286 valence electrons. The van der Waals surface area contributed by atoms with Crippen LogP contribution in [-0.4, -0.2) is 0 Å². The molecule has 0 N–H and O–H groups in total. The second kappa shape index (κ2) is 14.5. The highest BCUT2D eigenvalue weighted by Gasteiger charge is 2.20. The summed E-state index contributed by atoms with van der Waals surface area (Å²) in [5.74, 6) is 0. The van der Waals surface area contributed by atoms with Gasteiger partial charge in [-0.2, -0.15) is 0 Å². The van der Waals surface area contributed by atoms with Crippen LogP contribution >= 0.6 is 11.3 Å². The van der Waals surface area contributed by atoms with Gasteiger partial charge in [-0.05, 0) is 116 Å². The first-order chi connectivity index (χ1) is 30.2. The minimum Gasteiger partial charge on any atom is -0.456 e. The zero-order valence-corrected chi connectivity index (χ0v) is 33.9. The van der Waals surface area contributed by atoms with Gasteiger partial charge in [0.25, 0.3) is 0 Å². The van der Waals surface area contributed by atoms with Crippen molar-refractivity contribution in [3.8, 4) is 44.5 Å². The summed E-state index contributed by atoms with van der Waals surface area (Å²) in [6.07, 6.45) is 0. The lowest BCUT2D eigenvalue weighted by Crippen LogP contribution is -2.11. The second-order valence-electron chi connectivity index (χ2n) is 15.7. The Labute approximate surface area is 357 Å². The predicted molar refractivity (Wildman–Crippen MR) is 261 cm³/mol. The van der Waals surface area contributed by atoms with Crippen molar-refractivity contribution in [1.29, 1.82) is 0 Å². The van der Waals surface area contributed by atoms with Gasteiger partial charge in [0.1, 0.15) is 11.2 Å². The van der Waals surface area contributed by atoms with Gasteiger partial charge >= 0.3 is 0 Å². The Balaban J connectivity index is 0.951. The van der Waals surface area contributed by atoms with Crippen LogP contribution in [0.4, 0.5) is 17.1 Å². The van der Waals surface area contributed by atoms with E-state index < -0.39 is 0 Å². The number of hydrogen-bond donors (Lipinski definition) is 0. The van der Waals surface area contributed by atoms with Crippen molar-refractivity contribution < 1.29 is 4.42 Å². The van der Waals surface area contributed by atoms with Crippen LogP contribution in [0.3, 0.4) is 0 Å². The zero-order chi connectivity index (χ0) is 40.3. The SMILES string of the molecule is c1ccc(N(c2ccc(-c3ccc(-c4ccc5ccccc5c4)cc3)cc2)c2ccc(-c3ccc4oc5ccccc5c4c3)cc2)c(-c2cccc3sc4ccccc4c23)c1. The quantitative estimate of drug-likeness (QED) is 0.160. The topological polar surface area (TPSA) is 16.4 Å². The van der Waals surface area contributed by atoms with Gasteiger partial charge in [-0.3, -0.25) is 0 Å². The van der Waals surface area contributed by atoms with E-state index in [4.69, 9.17) is 4.42 Å². The molecule has 2 nitrogen and oxygen atoms in total. The minimum absolute atomic E-state index is 0.905. The smallest absolute Gasteiger partial charge is 0.135 e. The molecule has 0 saturated heterocycles. The predicted octanol–water partition coefficient (Wildman–Crippen LogP) is 17.2. The van der Waals surface area contributed by atoms with Gasteiger partial charge in [-0.1, -0.05) is 158 Å². The maximum atomic E-state index is 6.15. The standard InChI is InChI=1S/C58H37NOS/c1-2-11-43-36-44(25-24-38(43)10-1)41-22-20-39(21-23-41)40-26-31-46(32-27-40)59(47-33-28-42(29-34-47)45-30-35-55-52(37-45)49-13-4-7-17-54(49)60-55)53-16-6-3-12-48(53)50-15-9-19-57-58(50)51-14-5-8-18-56(51)61-57/h1-37H. The third-order valence-electron chi connectivity index (χ3n) is 12.1. The van der Waals surface area contributed by atoms with E-state index in [9.17, 15) is 0 Å². The summed E-state index contributed by atoms with van der Waals surface area (Å²) < 4.78 is 8.75. The molecule has 61 heavy (non-hydrogen) atoms. The van der Waals surface area contributed by atoms with E-state index in [-0.39, 0.29) is 0 Å². The van der Waals surface area contributed by atoms with Gasteiger partial charge in [0.2, 0.25) is 0 Å². The molecule has 2 aromatic heterocycles. The van der Waals surface area contributed by atoms with Crippen LogP contribution in [-0.2, 0) is 0 Å². The lowest BCUT2D eigenvalue weighted by atomic mass is 9.96. The molecule has 0 radical (unpaired) electrons. The van der Waals surface area contributed by atoms with Crippen molar-refractivity contribution in [2.45, 2.75) is 0 Å². The molecule has 12 rings (SSSR count). The summed E-state index contributed by atoms with van der Waals surface area (Å²) in [7, 11) is 0. The Morgan fingerprint density at radius 3 is 1.62 bits per heavy atom. The van der Waals surface area contributed by atoms with E-state index in [1.807, 2.05) is 23.5 Å². The van der Waals surface area contributed by atoms with E-state index in [2.05, 4.69) is 217 Å². The van der Waals surface area contributed by atoms with Crippen molar-refractivity contribution in [3.63, 3.8) is 0 Å². The van der Waals surface area contributed by atoms with Gasteiger partial charge in [-0.15, -0.1) is 11.3 Å². The Bertz CT molecular complexity index is 3580. The lowest BCUT2D eigenvalue weighted by molar-refractivity contribution is 0.669. The number of nitrogens with zero attached hydrogens (tertiary/aromatic N) is 1. The Morgan fingerprint density at radius 2 is 0.852 bits per heavy atom. The molecule has 3 heteroatoms. The fraction of sp³-hybridized carbons (Fsp3) is 0. The minimum atomic E-state index is 0.905. The van der Waals surface area contributed by atoms with E-state index in [1.165, 1.54) is 64.3 Å². The largest absolute Gasteiger partial charge is 0.456 e. The molecule has 0 aliphatic carbocycles. The monoisotopic (exact) mass is 795 g/mol. The van der Waals surface area contributed by atoms with Crippen LogP contribution < -0.4 is 4.90 Å². The summed E-state index contributed by atoms with van der Waals surface area (Å²) in [6.45, 7) is 0. The molecule has 0 amide bonds. The van der Waals surface area contributed by atoms with Crippen molar-refractivity contribution in [2.24, 2.45) is 0 Å². The Morgan fingerprint density at radius 1 is 0.328 bits per heavy atom. The van der Waals surface area contributed by atoms with Gasteiger partial charge in [0, 0.05) is 47.9 Å². The molecule has 0 unspecified atom stereocenters. The maximum absolute atomic E-state index is 6.15. The van der Waals surface area contributed by atoms with E-state index in [0.29, 0.717) is 0 Å². The number of fused-ring (bicyclic) bond motifs is 7. The zero-order valence-electron chi connectivity index (χ0n) is 33.1. The van der Waals surface area contributed by atoms with Crippen LogP contribution in [0.5, 0.6) is 0 Å². The summed E-state index contributed by atoms with van der Waals surface area (Å²) in [5, 5.41) is 7.37. The summed E-state index contributed by atoms with van der Waals surface area (Å²) in [5.41, 5.74) is 14.6. The fourth-order valence-electron chi connectivity index (χ4n) is 9.06. The number of para-hydroxylation sites is 2. The molecule has 0 aliphatic heterocycles. The van der Waals surface area contributed by atoms with Crippen LogP contribution in [0.25, 0.3) is 97.4 Å². The number of benzene rings is 10. The summed E-state index contributed by atoms with van der Waals surface area (Å²) >= 11 is 1.86. The lowest BCUT2D eigenvalue weighted by Gasteiger charge is -2.28. The maximum Gasteiger partial charge on any atom is 0.135 e. The molecule has 10 aromatic carbocycles. The highest BCUT2D eigenvalue weighted by Crippen LogP contribution is 2.46. The van der Waals surface area contributed by atoms with Crippen LogP contribution in [0.2, 0.25) is 0 Å². The molecular weight excluding hydrogens is 759 g/mol. The average molecular weight is 796 g/mol. The molecule has 0 spiro atoms. The molecular formula is C58H37NOS. The third kappa shape index (κ3) is 6.18. The number of hydrogen-bond acceptors (Lipinski definition) is 3. The Hall–Kier alpha value is -7.72. The van der Waals surface area contributed by atoms with E-state index in [1.54, 1.807) is 0 Å². The number of furan rings is 1. The van der Waals surface area contributed by atoms with Crippen LogP contribution in [0.15, 0.2) is 229 Å². The van der Waals surface area contributed by atoms with Crippen molar-refractivity contribution >= 4 is 81.3 Å². The third-order valence-corrected chi connectivity index (χ3v) is 13.2. The first kappa shape index (κ1) is 35.2. The first-order valence-corrected chi connectivity index (χ1v) is 21.5. The highest BCUT2D eigenvalue weighted by atomic mass is 32.1. The summed E-state index contributed by atoms with van der Waals surface area (Å²) in [4.78, 5) is 2.41.